The van der Waals surface area contributed by atoms with Gasteiger partial charge in [-0.05, 0) is 50.4 Å². The van der Waals surface area contributed by atoms with E-state index in [0.717, 1.165) is 42.0 Å². The maximum Gasteiger partial charge on any atom is 0.251 e. The van der Waals surface area contributed by atoms with Crippen molar-refractivity contribution in [2.45, 2.75) is 44.0 Å². The molecule has 4 heteroatoms. The molecule has 1 aromatic rings. The fourth-order valence-corrected chi connectivity index (χ4v) is 2.94. The quantitative estimate of drug-likeness (QED) is 0.836. The number of rotatable bonds is 4. The number of benzene rings is 1. The van der Waals surface area contributed by atoms with Crippen molar-refractivity contribution in [1.82, 2.24) is 10.2 Å². The Bertz CT molecular complexity index is 468. The zero-order valence-electron chi connectivity index (χ0n) is 12.4. The molecule has 1 fully saturated rings. The van der Waals surface area contributed by atoms with Gasteiger partial charge in [0.1, 0.15) is 0 Å². The molecule has 1 aliphatic rings. The van der Waals surface area contributed by atoms with E-state index in [1.807, 2.05) is 25.1 Å². The fraction of sp³-hybridized carbons (Fsp3) is 0.562. The molecule has 0 unspecified atom stereocenters. The lowest BCUT2D eigenvalue weighted by Gasteiger charge is -2.32. The predicted octanol–water partition coefficient (Wildman–Crippen LogP) is 2.89. The summed E-state index contributed by atoms with van der Waals surface area (Å²) >= 11 is 4.31. The number of piperidine rings is 1. The number of hydrogen-bond acceptors (Lipinski definition) is 3. The number of likely N-dealkylation sites (tertiary alicyclic amines) is 1. The van der Waals surface area contributed by atoms with Gasteiger partial charge in [-0.2, -0.15) is 0 Å². The molecule has 1 amide bonds. The van der Waals surface area contributed by atoms with Crippen LogP contribution in [-0.2, 0) is 0 Å². The number of amides is 1. The molecule has 0 saturated carbocycles. The molecule has 0 radical (unpaired) electrons. The van der Waals surface area contributed by atoms with Gasteiger partial charge in [0.05, 0.1) is 0 Å². The van der Waals surface area contributed by atoms with Crippen molar-refractivity contribution in [3.63, 3.8) is 0 Å². The number of nitrogens with zero attached hydrogens (tertiary/aromatic N) is 1. The minimum atomic E-state index is 0.0346. The van der Waals surface area contributed by atoms with E-state index in [2.05, 4.69) is 29.8 Å². The van der Waals surface area contributed by atoms with E-state index in [1.165, 1.54) is 13.0 Å². The maximum atomic E-state index is 12.3. The van der Waals surface area contributed by atoms with Crippen LogP contribution in [0.4, 0.5) is 0 Å². The normalized spacial score (nSPS) is 17.1. The zero-order valence-corrected chi connectivity index (χ0v) is 13.2. The van der Waals surface area contributed by atoms with Crippen molar-refractivity contribution in [3.8, 4) is 0 Å². The average Bonchev–Trinajstić information content (AvgIpc) is 2.44. The van der Waals surface area contributed by atoms with Crippen molar-refractivity contribution in [3.05, 3.63) is 29.3 Å². The van der Waals surface area contributed by atoms with E-state index in [0.29, 0.717) is 6.04 Å². The molecule has 1 heterocycles. The molecule has 0 aliphatic carbocycles. The minimum Gasteiger partial charge on any atom is -0.349 e. The lowest BCUT2D eigenvalue weighted by molar-refractivity contribution is 0.0910. The summed E-state index contributed by atoms with van der Waals surface area (Å²) in [4.78, 5) is 15.6. The van der Waals surface area contributed by atoms with E-state index < -0.39 is 0 Å². The summed E-state index contributed by atoms with van der Waals surface area (Å²) in [7, 11) is 0. The Hall–Kier alpha value is -1.00. The summed E-state index contributed by atoms with van der Waals surface area (Å²) in [6.07, 6.45) is 3.29. The largest absolute Gasteiger partial charge is 0.349 e. The van der Waals surface area contributed by atoms with Gasteiger partial charge in [0.2, 0.25) is 0 Å². The van der Waals surface area contributed by atoms with Crippen LogP contribution < -0.4 is 5.32 Å². The Balaban J connectivity index is 1.91. The highest BCUT2D eigenvalue weighted by Crippen LogP contribution is 2.16. The Morgan fingerprint density at radius 3 is 2.75 bits per heavy atom. The number of carbonyl (C=O) groups is 1. The number of carbonyl (C=O) groups excluding carboxylic acids is 1. The molecule has 1 aliphatic heterocycles. The summed E-state index contributed by atoms with van der Waals surface area (Å²) in [5.74, 6) is 0.0346. The summed E-state index contributed by atoms with van der Waals surface area (Å²) in [6.45, 7) is 7.52. The highest BCUT2D eigenvalue weighted by molar-refractivity contribution is 7.80. The lowest BCUT2D eigenvalue weighted by atomic mass is 10.0. The lowest BCUT2D eigenvalue weighted by Crippen LogP contribution is -2.44. The third-order valence-corrected chi connectivity index (χ3v) is 4.21. The summed E-state index contributed by atoms with van der Waals surface area (Å²) in [5, 5.41) is 3.17. The fourth-order valence-electron chi connectivity index (χ4n) is 2.73. The molecular formula is C16H24N2OS. The second kappa shape index (κ2) is 7.14. The highest BCUT2D eigenvalue weighted by Gasteiger charge is 2.21. The summed E-state index contributed by atoms with van der Waals surface area (Å²) in [5.41, 5.74) is 1.75. The van der Waals surface area contributed by atoms with Crippen LogP contribution in [-0.4, -0.2) is 36.5 Å². The molecule has 1 saturated heterocycles. The van der Waals surface area contributed by atoms with Crippen LogP contribution in [0.5, 0.6) is 0 Å². The Kier molecular flexibility index (Phi) is 5.49. The molecule has 20 heavy (non-hydrogen) atoms. The SMILES string of the molecule is CCCN1CCC(NC(=O)c2cc(S)ccc2C)CC1. The van der Waals surface area contributed by atoms with Gasteiger partial charge in [-0.1, -0.05) is 13.0 Å². The number of aryl methyl sites for hydroxylation is 1. The van der Waals surface area contributed by atoms with Gasteiger partial charge in [0.15, 0.2) is 0 Å². The molecule has 0 bridgehead atoms. The van der Waals surface area contributed by atoms with Crippen LogP contribution in [0.3, 0.4) is 0 Å². The molecule has 1 N–H and O–H groups in total. The van der Waals surface area contributed by atoms with Crippen molar-refractivity contribution in [2.75, 3.05) is 19.6 Å². The first-order chi connectivity index (χ1) is 9.60. The monoisotopic (exact) mass is 292 g/mol. The molecule has 0 spiro atoms. The summed E-state index contributed by atoms with van der Waals surface area (Å²) < 4.78 is 0. The van der Waals surface area contributed by atoms with Crippen LogP contribution in [0.25, 0.3) is 0 Å². The number of hydrogen-bond donors (Lipinski definition) is 2. The summed E-state index contributed by atoms with van der Waals surface area (Å²) in [6, 6.07) is 6.01. The topological polar surface area (TPSA) is 32.3 Å². The van der Waals surface area contributed by atoms with Gasteiger partial charge in [-0.3, -0.25) is 4.79 Å². The number of thiol groups is 1. The Morgan fingerprint density at radius 1 is 1.40 bits per heavy atom. The average molecular weight is 292 g/mol. The first-order valence-corrected chi connectivity index (χ1v) is 7.87. The van der Waals surface area contributed by atoms with Gasteiger partial charge in [-0.25, -0.2) is 0 Å². The second-order valence-corrected chi connectivity index (χ2v) is 6.10. The first kappa shape index (κ1) is 15.4. The maximum absolute atomic E-state index is 12.3. The van der Waals surface area contributed by atoms with Crippen molar-refractivity contribution in [1.29, 1.82) is 0 Å². The standard InChI is InChI=1S/C16H24N2OS/c1-3-8-18-9-6-13(7-10-18)17-16(19)15-11-14(20)5-4-12(15)2/h4-5,11,13,20H,3,6-10H2,1-2H3,(H,17,19). The van der Waals surface area contributed by atoms with E-state index >= 15 is 0 Å². The van der Waals surface area contributed by atoms with Crippen LogP contribution >= 0.6 is 12.6 Å². The third-order valence-electron chi connectivity index (χ3n) is 3.93. The van der Waals surface area contributed by atoms with Crippen LogP contribution in [0.15, 0.2) is 23.1 Å². The molecular weight excluding hydrogens is 268 g/mol. The van der Waals surface area contributed by atoms with E-state index in [1.54, 1.807) is 0 Å². The predicted molar refractivity (Wildman–Crippen MR) is 85.7 cm³/mol. The van der Waals surface area contributed by atoms with Gasteiger partial charge < -0.3 is 10.2 Å². The zero-order chi connectivity index (χ0) is 14.5. The van der Waals surface area contributed by atoms with Crippen LogP contribution in [0.2, 0.25) is 0 Å². The molecule has 0 aromatic heterocycles. The molecule has 0 atom stereocenters. The number of nitrogens with one attached hydrogen (secondary N) is 1. The van der Waals surface area contributed by atoms with Gasteiger partial charge in [0, 0.05) is 29.6 Å². The highest BCUT2D eigenvalue weighted by atomic mass is 32.1. The third kappa shape index (κ3) is 4.00. The second-order valence-electron chi connectivity index (χ2n) is 5.59. The van der Waals surface area contributed by atoms with Crippen molar-refractivity contribution >= 4 is 18.5 Å². The molecule has 3 nitrogen and oxygen atoms in total. The van der Waals surface area contributed by atoms with Crippen LogP contribution in [0.1, 0.15) is 42.1 Å². The first-order valence-electron chi connectivity index (χ1n) is 7.43. The molecule has 110 valence electrons. The van der Waals surface area contributed by atoms with E-state index in [-0.39, 0.29) is 5.91 Å². The van der Waals surface area contributed by atoms with Gasteiger partial charge >= 0.3 is 0 Å². The van der Waals surface area contributed by atoms with Crippen molar-refractivity contribution in [2.24, 2.45) is 0 Å². The van der Waals surface area contributed by atoms with Crippen LogP contribution in [0, 0.1) is 6.92 Å². The van der Waals surface area contributed by atoms with E-state index in [4.69, 9.17) is 0 Å². The minimum absolute atomic E-state index is 0.0346. The Morgan fingerprint density at radius 2 is 2.10 bits per heavy atom. The van der Waals surface area contributed by atoms with Crippen molar-refractivity contribution < 1.29 is 4.79 Å². The van der Waals surface area contributed by atoms with Gasteiger partial charge in [0.25, 0.3) is 5.91 Å². The Labute approximate surface area is 127 Å². The molecule has 2 rings (SSSR count). The van der Waals surface area contributed by atoms with Gasteiger partial charge in [-0.15, -0.1) is 12.6 Å². The van der Waals surface area contributed by atoms with E-state index in [9.17, 15) is 4.79 Å². The molecule has 1 aromatic carbocycles. The smallest absolute Gasteiger partial charge is 0.251 e.